The van der Waals surface area contributed by atoms with Crippen LogP contribution in [0, 0.1) is 11.8 Å². The Kier molecular flexibility index (Phi) is 5.52. The van der Waals surface area contributed by atoms with Crippen molar-refractivity contribution in [3.63, 3.8) is 0 Å². The smallest absolute Gasteiger partial charge is 0.387 e. The molecule has 0 spiro atoms. The quantitative estimate of drug-likeness (QED) is 0.902. The fraction of sp³-hybridized carbons (Fsp3) is 0.500. The molecule has 2 unspecified atom stereocenters. The molecule has 2 rings (SSSR count). The van der Waals surface area contributed by atoms with Gasteiger partial charge in [0.1, 0.15) is 5.75 Å². The van der Waals surface area contributed by atoms with Gasteiger partial charge in [0.15, 0.2) is 0 Å². The molecule has 1 N–H and O–H groups in total. The Morgan fingerprint density at radius 2 is 2.00 bits per heavy atom. The average molecular weight is 327 g/mol. The van der Waals surface area contributed by atoms with Crippen LogP contribution in [0.15, 0.2) is 24.3 Å². The van der Waals surface area contributed by atoms with Crippen molar-refractivity contribution in [2.24, 2.45) is 11.8 Å². The largest absolute Gasteiger partial charge is 0.481 e. The van der Waals surface area contributed by atoms with Crippen LogP contribution in [0.1, 0.15) is 18.9 Å². The highest BCUT2D eigenvalue weighted by Crippen LogP contribution is 2.24. The van der Waals surface area contributed by atoms with Crippen molar-refractivity contribution in [1.29, 1.82) is 0 Å². The predicted molar refractivity (Wildman–Crippen MR) is 78.3 cm³/mol. The van der Waals surface area contributed by atoms with Gasteiger partial charge < -0.3 is 14.7 Å². The van der Waals surface area contributed by atoms with Gasteiger partial charge in [-0.15, -0.1) is 0 Å². The fourth-order valence-corrected chi connectivity index (χ4v) is 2.81. The number of hydrogen-bond donors (Lipinski definition) is 1. The van der Waals surface area contributed by atoms with Crippen molar-refractivity contribution in [2.45, 2.75) is 26.4 Å². The van der Waals surface area contributed by atoms with Crippen molar-refractivity contribution in [3.8, 4) is 5.75 Å². The highest BCUT2D eigenvalue weighted by atomic mass is 19.3. The number of amides is 1. The van der Waals surface area contributed by atoms with E-state index in [1.165, 1.54) is 12.1 Å². The van der Waals surface area contributed by atoms with Gasteiger partial charge in [0, 0.05) is 13.1 Å². The zero-order valence-corrected chi connectivity index (χ0v) is 12.7. The Bertz CT molecular complexity index is 562. The molecule has 0 saturated carbocycles. The van der Waals surface area contributed by atoms with Crippen LogP contribution in [-0.4, -0.2) is 41.6 Å². The summed E-state index contributed by atoms with van der Waals surface area (Å²) < 4.78 is 28.4. The Labute approximate surface area is 132 Å². The van der Waals surface area contributed by atoms with E-state index in [1.54, 1.807) is 17.0 Å². The number of nitrogens with zero attached hydrogens (tertiary/aromatic N) is 1. The number of piperidine rings is 1. The standard InChI is InChI=1S/C16H19F2NO4/c1-10-9-19(7-6-13(10)15(21)22)14(20)8-11-2-4-12(5-3-11)23-16(17)18/h2-5,10,13,16H,6-9H2,1H3,(H,21,22). The molecule has 0 radical (unpaired) electrons. The SMILES string of the molecule is CC1CN(C(=O)Cc2ccc(OC(F)F)cc2)CCC1C(=O)O. The molecule has 126 valence electrons. The maximum Gasteiger partial charge on any atom is 0.387 e. The lowest BCUT2D eigenvalue weighted by molar-refractivity contribution is -0.148. The molecular formula is C16H19F2NO4. The number of benzene rings is 1. The lowest BCUT2D eigenvalue weighted by Gasteiger charge is -2.35. The average Bonchev–Trinajstić information content (AvgIpc) is 2.48. The lowest BCUT2D eigenvalue weighted by Crippen LogP contribution is -2.45. The normalized spacial score (nSPS) is 21.3. The van der Waals surface area contributed by atoms with E-state index < -0.39 is 18.5 Å². The van der Waals surface area contributed by atoms with Crippen LogP contribution in [0.5, 0.6) is 5.75 Å². The Morgan fingerprint density at radius 1 is 1.35 bits per heavy atom. The van der Waals surface area contributed by atoms with E-state index in [2.05, 4.69) is 4.74 Å². The lowest BCUT2D eigenvalue weighted by atomic mass is 9.87. The van der Waals surface area contributed by atoms with Crippen molar-refractivity contribution >= 4 is 11.9 Å². The van der Waals surface area contributed by atoms with Crippen LogP contribution < -0.4 is 4.74 Å². The number of hydrogen-bond acceptors (Lipinski definition) is 3. The number of carbonyl (C=O) groups excluding carboxylic acids is 1. The maximum atomic E-state index is 12.3. The number of ether oxygens (including phenoxy) is 1. The zero-order chi connectivity index (χ0) is 17.0. The summed E-state index contributed by atoms with van der Waals surface area (Å²) in [5, 5.41) is 9.09. The van der Waals surface area contributed by atoms with Gasteiger partial charge in [0.05, 0.1) is 12.3 Å². The first-order valence-corrected chi connectivity index (χ1v) is 7.41. The van der Waals surface area contributed by atoms with Crippen molar-refractivity contribution in [1.82, 2.24) is 4.90 Å². The van der Waals surface area contributed by atoms with Crippen LogP contribution in [0.4, 0.5) is 8.78 Å². The second-order valence-electron chi connectivity index (χ2n) is 5.75. The van der Waals surface area contributed by atoms with Crippen LogP contribution in [0.3, 0.4) is 0 Å². The molecule has 23 heavy (non-hydrogen) atoms. The maximum absolute atomic E-state index is 12.3. The van der Waals surface area contributed by atoms with E-state index in [4.69, 9.17) is 5.11 Å². The number of rotatable bonds is 5. The van der Waals surface area contributed by atoms with E-state index >= 15 is 0 Å². The van der Waals surface area contributed by atoms with Gasteiger partial charge >= 0.3 is 12.6 Å². The summed E-state index contributed by atoms with van der Waals surface area (Å²) in [6, 6.07) is 5.94. The van der Waals surface area contributed by atoms with Crippen molar-refractivity contribution in [3.05, 3.63) is 29.8 Å². The topological polar surface area (TPSA) is 66.8 Å². The Hall–Kier alpha value is -2.18. The highest BCUT2D eigenvalue weighted by molar-refractivity contribution is 5.79. The van der Waals surface area contributed by atoms with Crippen molar-refractivity contribution < 1.29 is 28.2 Å². The number of likely N-dealkylation sites (tertiary alicyclic amines) is 1. The summed E-state index contributed by atoms with van der Waals surface area (Å²) in [4.78, 5) is 25.0. The van der Waals surface area contributed by atoms with Gasteiger partial charge in [-0.05, 0) is 30.0 Å². The molecule has 2 atom stereocenters. The van der Waals surface area contributed by atoms with Gasteiger partial charge in [-0.1, -0.05) is 19.1 Å². The molecule has 1 fully saturated rings. The fourth-order valence-electron chi connectivity index (χ4n) is 2.81. The summed E-state index contributed by atoms with van der Waals surface area (Å²) in [6.07, 6.45) is 0.600. The van der Waals surface area contributed by atoms with E-state index in [0.717, 1.165) is 0 Å². The number of carboxylic acids is 1. The van der Waals surface area contributed by atoms with Crippen LogP contribution in [0.25, 0.3) is 0 Å². The molecule has 1 amide bonds. The molecule has 1 heterocycles. The zero-order valence-electron chi connectivity index (χ0n) is 12.7. The van der Waals surface area contributed by atoms with Crippen LogP contribution in [-0.2, 0) is 16.0 Å². The first-order chi connectivity index (χ1) is 10.9. The number of carboxylic acid groups (broad SMARTS) is 1. The third-order valence-electron chi connectivity index (χ3n) is 4.08. The Balaban J connectivity index is 1.91. The second-order valence-corrected chi connectivity index (χ2v) is 5.75. The number of carbonyl (C=O) groups is 2. The molecular weight excluding hydrogens is 308 g/mol. The minimum atomic E-state index is -2.88. The molecule has 0 aliphatic carbocycles. The summed E-state index contributed by atoms with van der Waals surface area (Å²) >= 11 is 0. The molecule has 1 aromatic rings. The van der Waals surface area contributed by atoms with Crippen LogP contribution >= 0.6 is 0 Å². The molecule has 1 saturated heterocycles. The van der Waals surface area contributed by atoms with E-state index in [9.17, 15) is 18.4 Å². The Morgan fingerprint density at radius 3 is 2.52 bits per heavy atom. The van der Waals surface area contributed by atoms with E-state index in [1.807, 2.05) is 6.92 Å². The molecule has 5 nitrogen and oxygen atoms in total. The second kappa shape index (κ2) is 7.39. The first-order valence-electron chi connectivity index (χ1n) is 7.41. The van der Waals surface area contributed by atoms with E-state index in [0.29, 0.717) is 25.1 Å². The molecule has 1 aromatic carbocycles. The molecule has 1 aliphatic heterocycles. The minimum absolute atomic E-state index is 0.0482. The van der Waals surface area contributed by atoms with Gasteiger partial charge in [-0.25, -0.2) is 0 Å². The number of aliphatic carboxylic acids is 1. The third kappa shape index (κ3) is 4.64. The summed E-state index contributed by atoms with van der Waals surface area (Å²) in [5.41, 5.74) is 0.699. The summed E-state index contributed by atoms with van der Waals surface area (Å²) in [6.45, 7) is -0.205. The minimum Gasteiger partial charge on any atom is -0.481 e. The number of halogens is 2. The molecule has 0 bridgehead atoms. The molecule has 0 aromatic heterocycles. The predicted octanol–water partition coefficient (Wildman–Crippen LogP) is 2.40. The summed E-state index contributed by atoms with van der Waals surface area (Å²) in [7, 11) is 0. The molecule has 7 heteroatoms. The summed E-state index contributed by atoms with van der Waals surface area (Å²) in [5.74, 6) is -1.37. The van der Waals surface area contributed by atoms with Crippen molar-refractivity contribution in [2.75, 3.05) is 13.1 Å². The molecule has 1 aliphatic rings. The van der Waals surface area contributed by atoms with Gasteiger partial charge in [-0.3, -0.25) is 9.59 Å². The van der Waals surface area contributed by atoms with E-state index in [-0.39, 0.29) is 24.0 Å². The van der Waals surface area contributed by atoms with Gasteiger partial charge in [0.25, 0.3) is 0 Å². The van der Waals surface area contributed by atoms with Gasteiger partial charge in [-0.2, -0.15) is 8.78 Å². The highest BCUT2D eigenvalue weighted by Gasteiger charge is 2.32. The monoisotopic (exact) mass is 327 g/mol. The van der Waals surface area contributed by atoms with Gasteiger partial charge in [0.2, 0.25) is 5.91 Å². The first kappa shape index (κ1) is 17.2. The third-order valence-corrected chi connectivity index (χ3v) is 4.08. The number of alkyl halides is 2. The van der Waals surface area contributed by atoms with Crippen LogP contribution in [0.2, 0.25) is 0 Å².